The second-order valence-corrected chi connectivity index (χ2v) is 5.58. The van der Waals surface area contributed by atoms with Gasteiger partial charge in [-0.1, -0.05) is 18.2 Å². The van der Waals surface area contributed by atoms with Gasteiger partial charge in [0.15, 0.2) is 6.61 Å². The molecule has 0 saturated carbocycles. The number of hydrogen-bond acceptors (Lipinski definition) is 5. The van der Waals surface area contributed by atoms with Crippen LogP contribution in [-0.2, 0) is 9.53 Å². The average molecular weight is 342 g/mol. The van der Waals surface area contributed by atoms with Crippen LogP contribution in [0.1, 0.15) is 27.0 Å². The van der Waals surface area contributed by atoms with Crippen LogP contribution in [0.4, 0.5) is 11.4 Å². The first-order chi connectivity index (χ1) is 11.8. The summed E-state index contributed by atoms with van der Waals surface area (Å²) in [5.74, 6) is -1.26. The number of amides is 1. The van der Waals surface area contributed by atoms with Crippen molar-refractivity contribution in [2.45, 2.75) is 20.8 Å². The van der Waals surface area contributed by atoms with Gasteiger partial charge < -0.3 is 10.1 Å². The monoisotopic (exact) mass is 342 g/mol. The topological polar surface area (TPSA) is 98.5 Å². The highest BCUT2D eigenvalue weighted by Crippen LogP contribution is 2.22. The molecule has 0 fully saturated rings. The van der Waals surface area contributed by atoms with Gasteiger partial charge in [-0.05, 0) is 44.0 Å². The van der Waals surface area contributed by atoms with Crippen LogP contribution in [0.2, 0.25) is 0 Å². The highest BCUT2D eigenvalue weighted by molar-refractivity contribution is 5.97. The van der Waals surface area contributed by atoms with Crippen molar-refractivity contribution in [2.75, 3.05) is 11.9 Å². The standard InChI is InChI=1S/C18H18N2O5/c1-11-6-4-8-15(12(11)2)19-17(21)10-25-18(22)14-7-5-9-16(13(14)3)20(23)24/h4-9H,10H2,1-3H3,(H,19,21). The molecular weight excluding hydrogens is 324 g/mol. The van der Waals surface area contributed by atoms with Gasteiger partial charge in [0, 0.05) is 17.3 Å². The molecule has 0 aliphatic heterocycles. The summed E-state index contributed by atoms with van der Waals surface area (Å²) in [4.78, 5) is 34.4. The van der Waals surface area contributed by atoms with Crippen molar-refractivity contribution in [1.82, 2.24) is 0 Å². The van der Waals surface area contributed by atoms with Crippen molar-refractivity contribution in [3.05, 3.63) is 68.8 Å². The maximum atomic E-state index is 12.1. The van der Waals surface area contributed by atoms with Gasteiger partial charge in [-0.2, -0.15) is 0 Å². The molecule has 0 radical (unpaired) electrons. The first-order valence-corrected chi connectivity index (χ1v) is 7.58. The van der Waals surface area contributed by atoms with Gasteiger partial charge >= 0.3 is 5.97 Å². The fraction of sp³-hybridized carbons (Fsp3) is 0.222. The quantitative estimate of drug-likeness (QED) is 0.510. The van der Waals surface area contributed by atoms with Crippen LogP contribution in [0.5, 0.6) is 0 Å². The van der Waals surface area contributed by atoms with E-state index < -0.39 is 23.4 Å². The Morgan fingerprint density at radius 3 is 2.44 bits per heavy atom. The SMILES string of the molecule is Cc1cccc(NC(=O)COC(=O)c2cccc([N+](=O)[O-])c2C)c1C. The molecule has 1 amide bonds. The molecule has 1 N–H and O–H groups in total. The van der Waals surface area contributed by atoms with E-state index in [1.54, 1.807) is 6.07 Å². The van der Waals surface area contributed by atoms with Crippen LogP contribution < -0.4 is 5.32 Å². The molecule has 2 aromatic rings. The second kappa shape index (κ2) is 7.57. The molecular formula is C18H18N2O5. The minimum absolute atomic E-state index is 0.0636. The number of nitro benzene ring substituents is 1. The van der Waals surface area contributed by atoms with E-state index in [1.165, 1.54) is 25.1 Å². The average Bonchev–Trinajstić information content (AvgIpc) is 2.57. The third kappa shape index (κ3) is 4.20. The molecule has 0 unspecified atom stereocenters. The van der Waals surface area contributed by atoms with Gasteiger partial charge in [0.05, 0.1) is 10.5 Å². The van der Waals surface area contributed by atoms with Gasteiger partial charge in [-0.3, -0.25) is 14.9 Å². The summed E-state index contributed by atoms with van der Waals surface area (Å²) in [6.07, 6.45) is 0. The molecule has 25 heavy (non-hydrogen) atoms. The predicted molar refractivity (Wildman–Crippen MR) is 92.7 cm³/mol. The smallest absolute Gasteiger partial charge is 0.339 e. The van der Waals surface area contributed by atoms with Crippen molar-refractivity contribution in [3.63, 3.8) is 0 Å². The zero-order valence-electron chi connectivity index (χ0n) is 14.2. The number of nitrogens with one attached hydrogen (secondary N) is 1. The van der Waals surface area contributed by atoms with E-state index in [0.29, 0.717) is 5.69 Å². The zero-order chi connectivity index (χ0) is 18.6. The minimum atomic E-state index is -0.780. The van der Waals surface area contributed by atoms with Gasteiger partial charge in [0.2, 0.25) is 0 Å². The van der Waals surface area contributed by atoms with E-state index in [1.807, 2.05) is 26.0 Å². The number of anilines is 1. The fourth-order valence-corrected chi connectivity index (χ4v) is 2.32. The fourth-order valence-electron chi connectivity index (χ4n) is 2.32. The molecule has 130 valence electrons. The Hall–Kier alpha value is -3.22. The normalized spacial score (nSPS) is 10.2. The van der Waals surface area contributed by atoms with Gasteiger partial charge in [-0.25, -0.2) is 4.79 Å². The van der Waals surface area contributed by atoms with Crippen LogP contribution in [0.25, 0.3) is 0 Å². The summed E-state index contributed by atoms with van der Waals surface area (Å²) in [7, 11) is 0. The summed E-state index contributed by atoms with van der Waals surface area (Å²) in [6, 6.07) is 9.63. The Kier molecular flexibility index (Phi) is 5.49. The molecule has 0 heterocycles. The molecule has 7 heteroatoms. The van der Waals surface area contributed by atoms with E-state index in [2.05, 4.69) is 5.32 Å². The van der Waals surface area contributed by atoms with Crippen molar-refractivity contribution in [3.8, 4) is 0 Å². The highest BCUT2D eigenvalue weighted by atomic mass is 16.6. The van der Waals surface area contributed by atoms with E-state index in [4.69, 9.17) is 4.74 Å². The van der Waals surface area contributed by atoms with Gasteiger partial charge in [0.25, 0.3) is 11.6 Å². The largest absolute Gasteiger partial charge is 0.452 e. The number of esters is 1. The number of nitro groups is 1. The summed E-state index contributed by atoms with van der Waals surface area (Å²) >= 11 is 0. The lowest BCUT2D eigenvalue weighted by Gasteiger charge is -2.11. The Balaban J connectivity index is 2.03. The number of carbonyl (C=O) groups is 2. The number of ether oxygens (including phenoxy) is 1. The maximum absolute atomic E-state index is 12.1. The lowest BCUT2D eigenvalue weighted by Crippen LogP contribution is -2.21. The van der Waals surface area contributed by atoms with Crippen LogP contribution >= 0.6 is 0 Å². The van der Waals surface area contributed by atoms with E-state index in [-0.39, 0.29) is 16.8 Å². The summed E-state index contributed by atoms with van der Waals surface area (Å²) < 4.78 is 4.97. The Morgan fingerprint density at radius 2 is 1.76 bits per heavy atom. The van der Waals surface area contributed by atoms with Crippen molar-refractivity contribution >= 4 is 23.3 Å². The molecule has 2 aromatic carbocycles. The number of nitrogens with zero attached hydrogens (tertiary/aromatic N) is 1. The second-order valence-electron chi connectivity index (χ2n) is 5.58. The van der Waals surface area contributed by atoms with Crippen molar-refractivity contribution in [2.24, 2.45) is 0 Å². The number of benzene rings is 2. The number of hydrogen-bond donors (Lipinski definition) is 1. The van der Waals surface area contributed by atoms with Crippen LogP contribution in [-0.4, -0.2) is 23.4 Å². The molecule has 7 nitrogen and oxygen atoms in total. The predicted octanol–water partition coefficient (Wildman–Crippen LogP) is 3.32. The molecule has 2 rings (SSSR count). The van der Waals surface area contributed by atoms with Crippen molar-refractivity contribution in [1.29, 1.82) is 0 Å². The molecule has 0 atom stereocenters. The number of rotatable bonds is 5. The third-order valence-corrected chi connectivity index (χ3v) is 3.93. The molecule has 0 spiro atoms. The summed E-state index contributed by atoms with van der Waals surface area (Å²) in [5, 5.41) is 13.6. The Labute approximate surface area is 144 Å². The lowest BCUT2D eigenvalue weighted by molar-refractivity contribution is -0.385. The van der Waals surface area contributed by atoms with Gasteiger partial charge in [-0.15, -0.1) is 0 Å². The highest BCUT2D eigenvalue weighted by Gasteiger charge is 2.19. The lowest BCUT2D eigenvalue weighted by atomic mass is 10.1. The van der Waals surface area contributed by atoms with E-state index in [9.17, 15) is 19.7 Å². The molecule has 0 aliphatic carbocycles. The third-order valence-electron chi connectivity index (χ3n) is 3.93. The number of carbonyl (C=O) groups excluding carboxylic acids is 2. The zero-order valence-corrected chi connectivity index (χ0v) is 14.2. The Morgan fingerprint density at radius 1 is 1.08 bits per heavy atom. The van der Waals surface area contributed by atoms with Crippen LogP contribution in [0, 0.1) is 30.9 Å². The van der Waals surface area contributed by atoms with Crippen LogP contribution in [0.3, 0.4) is 0 Å². The first-order valence-electron chi connectivity index (χ1n) is 7.58. The first kappa shape index (κ1) is 18.1. The minimum Gasteiger partial charge on any atom is -0.452 e. The van der Waals surface area contributed by atoms with Crippen molar-refractivity contribution < 1.29 is 19.2 Å². The molecule has 0 aromatic heterocycles. The number of aryl methyl sites for hydroxylation is 1. The molecule has 0 bridgehead atoms. The summed E-state index contributed by atoms with van der Waals surface area (Å²) in [5.41, 5.74) is 2.70. The van der Waals surface area contributed by atoms with E-state index >= 15 is 0 Å². The van der Waals surface area contributed by atoms with Gasteiger partial charge in [0.1, 0.15) is 0 Å². The van der Waals surface area contributed by atoms with Crippen LogP contribution in [0.15, 0.2) is 36.4 Å². The Bertz CT molecular complexity index is 845. The molecule has 0 aliphatic rings. The van der Waals surface area contributed by atoms with E-state index in [0.717, 1.165) is 11.1 Å². The summed E-state index contributed by atoms with van der Waals surface area (Å²) in [6.45, 7) is 4.79. The molecule has 0 saturated heterocycles. The maximum Gasteiger partial charge on any atom is 0.339 e.